The molecule has 0 fully saturated rings. The van der Waals surface area contributed by atoms with Crippen molar-refractivity contribution in [2.24, 2.45) is 0 Å². The highest BCUT2D eigenvalue weighted by molar-refractivity contribution is 7.19. The first kappa shape index (κ1) is 13.1. The predicted molar refractivity (Wildman–Crippen MR) is 76.9 cm³/mol. The predicted octanol–water partition coefficient (Wildman–Crippen LogP) is 2.69. The number of benzene rings is 1. The van der Waals surface area contributed by atoms with Crippen LogP contribution in [0.15, 0.2) is 30.3 Å². The highest BCUT2D eigenvalue weighted by atomic mass is 32.1. The lowest BCUT2D eigenvalue weighted by Gasteiger charge is -2.11. The lowest BCUT2D eigenvalue weighted by atomic mass is 10.2. The lowest BCUT2D eigenvalue weighted by Crippen LogP contribution is -2.31. The van der Waals surface area contributed by atoms with Crippen molar-refractivity contribution in [3.05, 3.63) is 35.2 Å². The second kappa shape index (κ2) is 5.98. The highest BCUT2D eigenvalue weighted by Gasteiger charge is 2.08. The van der Waals surface area contributed by atoms with E-state index in [1.54, 1.807) is 0 Å². The van der Waals surface area contributed by atoms with Crippen LogP contribution in [0.1, 0.15) is 24.8 Å². The maximum Gasteiger partial charge on any atom is 0.216 e. The van der Waals surface area contributed by atoms with Crippen LogP contribution in [0.3, 0.4) is 0 Å². The van der Waals surface area contributed by atoms with Crippen molar-refractivity contribution in [1.29, 1.82) is 0 Å². The van der Waals surface area contributed by atoms with Crippen LogP contribution >= 0.6 is 11.3 Å². The van der Waals surface area contributed by atoms with E-state index in [0.29, 0.717) is 12.6 Å². The molecule has 96 valence electrons. The van der Waals surface area contributed by atoms with Crippen LogP contribution in [0.2, 0.25) is 0 Å². The molecule has 1 unspecified atom stereocenters. The Morgan fingerprint density at radius 3 is 2.83 bits per heavy atom. The molecule has 1 atom stereocenters. The first-order valence-electron chi connectivity index (χ1n) is 6.13. The first-order valence-corrected chi connectivity index (χ1v) is 6.95. The molecular weight excluding hydrogens is 244 g/mol. The summed E-state index contributed by atoms with van der Waals surface area (Å²) < 4.78 is 1.32. The summed E-state index contributed by atoms with van der Waals surface area (Å²) in [6.45, 7) is 5.15. The smallest absolute Gasteiger partial charge is 0.216 e. The summed E-state index contributed by atoms with van der Waals surface area (Å²) in [6.07, 6.45) is 0. The second-order valence-corrected chi connectivity index (χ2v) is 5.46. The molecule has 0 aliphatic rings. The summed E-state index contributed by atoms with van der Waals surface area (Å²) in [5.74, 6) is 0.0197. The molecule has 0 aliphatic heterocycles. The van der Waals surface area contributed by atoms with Crippen molar-refractivity contribution in [2.45, 2.75) is 19.9 Å². The van der Waals surface area contributed by atoms with E-state index in [-0.39, 0.29) is 5.91 Å². The van der Waals surface area contributed by atoms with E-state index in [0.717, 1.165) is 6.54 Å². The van der Waals surface area contributed by atoms with Gasteiger partial charge in [-0.05, 0) is 24.4 Å². The molecule has 1 amide bonds. The van der Waals surface area contributed by atoms with Crippen LogP contribution in [0.25, 0.3) is 10.1 Å². The van der Waals surface area contributed by atoms with Crippen molar-refractivity contribution >= 4 is 27.3 Å². The Bertz CT molecular complexity index is 502. The van der Waals surface area contributed by atoms with Crippen LogP contribution in [0.5, 0.6) is 0 Å². The third kappa shape index (κ3) is 3.31. The molecule has 0 bridgehead atoms. The summed E-state index contributed by atoms with van der Waals surface area (Å²) in [4.78, 5) is 12.1. The zero-order chi connectivity index (χ0) is 13.0. The topological polar surface area (TPSA) is 41.1 Å². The fourth-order valence-corrected chi connectivity index (χ4v) is 2.93. The molecule has 0 radical (unpaired) electrons. The van der Waals surface area contributed by atoms with E-state index < -0.39 is 0 Å². The highest BCUT2D eigenvalue weighted by Crippen LogP contribution is 2.29. The van der Waals surface area contributed by atoms with Crippen molar-refractivity contribution in [2.75, 3.05) is 13.1 Å². The van der Waals surface area contributed by atoms with E-state index in [1.807, 2.05) is 11.3 Å². The zero-order valence-electron chi connectivity index (χ0n) is 10.7. The third-order valence-electron chi connectivity index (χ3n) is 2.82. The number of amides is 1. The molecule has 1 aromatic heterocycles. The molecule has 18 heavy (non-hydrogen) atoms. The fraction of sp³-hybridized carbons (Fsp3) is 0.357. The van der Waals surface area contributed by atoms with Gasteiger partial charge in [-0.3, -0.25) is 4.79 Å². The molecule has 2 N–H and O–H groups in total. The van der Waals surface area contributed by atoms with Crippen molar-refractivity contribution in [1.82, 2.24) is 10.6 Å². The number of thiophene rings is 1. The average Bonchev–Trinajstić information content (AvgIpc) is 2.78. The monoisotopic (exact) mass is 262 g/mol. The zero-order valence-corrected chi connectivity index (χ0v) is 11.5. The van der Waals surface area contributed by atoms with E-state index >= 15 is 0 Å². The van der Waals surface area contributed by atoms with E-state index in [2.05, 4.69) is 47.9 Å². The van der Waals surface area contributed by atoms with Gasteiger partial charge >= 0.3 is 0 Å². The van der Waals surface area contributed by atoms with Gasteiger partial charge in [-0.15, -0.1) is 11.3 Å². The van der Waals surface area contributed by atoms with Crippen molar-refractivity contribution in [3.8, 4) is 0 Å². The van der Waals surface area contributed by atoms with Gasteiger partial charge in [0.15, 0.2) is 0 Å². The van der Waals surface area contributed by atoms with Gasteiger partial charge in [0.25, 0.3) is 0 Å². The summed E-state index contributed by atoms with van der Waals surface area (Å²) in [5, 5.41) is 7.49. The molecule has 2 aromatic rings. The Hall–Kier alpha value is -1.39. The molecule has 0 aliphatic carbocycles. The van der Waals surface area contributed by atoms with Gasteiger partial charge in [0.05, 0.1) is 0 Å². The molecule has 0 spiro atoms. The summed E-state index contributed by atoms with van der Waals surface area (Å²) in [5.41, 5.74) is 0. The van der Waals surface area contributed by atoms with E-state index in [4.69, 9.17) is 0 Å². The molecular formula is C14H18N2OS. The van der Waals surface area contributed by atoms with Crippen LogP contribution in [0, 0.1) is 0 Å². The SMILES string of the molecule is CC(=O)NCCNC(C)c1cc2ccccc2s1. The number of nitrogens with one attached hydrogen (secondary N) is 2. The van der Waals surface area contributed by atoms with Crippen LogP contribution < -0.4 is 10.6 Å². The minimum absolute atomic E-state index is 0.0197. The van der Waals surface area contributed by atoms with Gasteiger partial charge in [-0.2, -0.15) is 0 Å². The number of fused-ring (bicyclic) bond motifs is 1. The Kier molecular flexibility index (Phi) is 4.33. The molecule has 2 rings (SSSR count). The number of hydrogen-bond acceptors (Lipinski definition) is 3. The van der Waals surface area contributed by atoms with E-state index in [9.17, 15) is 4.79 Å². The van der Waals surface area contributed by atoms with Gasteiger partial charge in [0.2, 0.25) is 5.91 Å². The summed E-state index contributed by atoms with van der Waals surface area (Å²) in [7, 11) is 0. The number of carbonyl (C=O) groups is 1. The molecule has 1 heterocycles. The maximum absolute atomic E-state index is 10.7. The van der Waals surface area contributed by atoms with Gasteiger partial charge in [-0.25, -0.2) is 0 Å². The van der Waals surface area contributed by atoms with Crippen LogP contribution in [-0.4, -0.2) is 19.0 Å². The Morgan fingerprint density at radius 2 is 2.11 bits per heavy atom. The van der Waals surface area contributed by atoms with Gasteiger partial charge in [0, 0.05) is 35.6 Å². The molecule has 3 nitrogen and oxygen atoms in total. The Balaban J connectivity index is 1.92. The second-order valence-electron chi connectivity index (χ2n) is 4.35. The molecule has 0 saturated heterocycles. The van der Waals surface area contributed by atoms with Crippen LogP contribution in [-0.2, 0) is 4.79 Å². The van der Waals surface area contributed by atoms with Gasteiger partial charge < -0.3 is 10.6 Å². The van der Waals surface area contributed by atoms with Gasteiger partial charge in [-0.1, -0.05) is 18.2 Å². The lowest BCUT2D eigenvalue weighted by molar-refractivity contribution is -0.118. The standard InChI is InChI=1S/C14H18N2OS/c1-10(15-7-8-16-11(2)17)14-9-12-5-3-4-6-13(12)18-14/h3-6,9-10,15H,7-8H2,1-2H3,(H,16,17). The average molecular weight is 262 g/mol. The third-order valence-corrected chi connectivity index (χ3v) is 4.12. The first-order chi connectivity index (χ1) is 8.66. The molecule has 4 heteroatoms. The number of hydrogen-bond donors (Lipinski definition) is 2. The Morgan fingerprint density at radius 1 is 1.33 bits per heavy atom. The van der Waals surface area contributed by atoms with Crippen LogP contribution in [0.4, 0.5) is 0 Å². The van der Waals surface area contributed by atoms with Crippen molar-refractivity contribution < 1.29 is 4.79 Å². The minimum atomic E-state index is 0.0197. The Labute approximate surface area is 111 Å². The molecule has 1 aromatic carbocycles. The quantitative estimate of drug-likeness (QED) is 0.813. The van der Waals surface area contributed by atoms with E-state index in [1.165, 1.54) is 21.9 Å². The minimum Gasteiger partial charge on any atom is -0.355 e. The summed E-state index contributed by atoms with van der Waals surface area (Å²) >= 11 is 1.82. The summed E-state index contributed by atoms with van der Waals surface area (Å²) in [6, 6.07) is 11.0. The largest absolute Gasteiger partial charge is 0.355 e. The maximum atomic E-state index is 10.7. The number of rotatable bonds is 5. The van der Waals surface area contributed by atoms with Gasteiger partial charge in [0.1, 0.15) is 0 Å². The molecule has 0 saturated carbocycles. The van der Waals surface area contributed by atoms with Crippen molar-refractivity contribution in [3.63, 3.8) is 0 Å². The number of carbonyl (C=O) groups excluding carboxylic acids is 1. The fourth-order valence-electron chi connectivity index (χ4n) is 1.84. The normalized spacial score (nSPS) is 12.6.